The van der Waals surface area contributed by atoms with Crippen molar-refractivity contribution in [3.63, 3.8) is 0 Å². The summed E-state index contributed by atoms with van der Waals surface area (Å²) in [7, 11) is 0. The summed E-state index contributed by atoms with van der Waals surface area (Å²) in [6, 6.07) is 4.94. The summed E-state index contributed by atoms with van der Waals surface area (Å²) in [5, 5.41) is 2.72. The molecule has 0 radical (unpaired) electrons. The van der Waals surface area contributed by atoms with Gasteiger partial charge in [-0.15, -0.1) is 0 Å². The molecule has 18 heavy (non-hydrogen) atoms. The lowest BCUT2D eigenvalue weighted by molar-refractivity contribution is -0.121. The Hall–Kier alpha value is -2.08. The number of oxazole rings is 1. The Morgan fingerprint density at radius 3 is 3.06 bits per heavy atom. The molecule has 0 aliphatic heterocycles. The van der Waals surface area contributed by atoms with Crippen LogP contribution in [-0.4, -0.2) is 23.5 Å². The zero-order valence-electron chi connectivity index (χ0n) is 10.0. The molecule has 1 unspecified atom stereocenters. The fraction of sp³-hybridized carbons (Fsp3) is 0.333. The Morgan fingerprint density at radius 2 is 2.33 bits per heavy atom. The molecular formula is C12H15N3O3. The summed E-state index contributed by atoms with van der Waals surface area (Å²) in [6.07, 6.45) is 0.656. The highest BCUT2D eigenvalue weighted by Crippen LogP contribution is 2.12. The Kier molecular flexibility index (Phi) is 3.47. The van der Waals surface area contributed by atoms with Gasteiger partial charge in [0.2, 0.25) is 5.91 Å². The molecule has 1 amide bonds. The highest BCUT2D eigenvalue weighted by Gasteiger charge is 2.06. The van der Waals surface area contributed by atoms with Gasteiger partial charge in [-0.25, -0.2) is 4.79 Å². The van der Waals surface area contributed by atoms with Crippen LogP contribution in [0.15, 0.2) is 27.4 Å². The van der Waals surface area contributed by atoms with Crippen LogP contribution in [0.4, 0.5) is 0 Å². The van der Waals surface area contributed by atoms with E-state index in [1.807, 2.05) is 6.07 Å². The number of H-pyrrole nitrogens is 1. The number of aromatic amines is 1. The van der Waals surface area contributed by atoms with Crippen molar-refractivity contribution in [1.29, 1.82) is 0 Å². The van der Waals surface area contributed by atoms with E-state index in [0.717, 1.165) is 5.56 Å². The van der Waals surface area contributed by atoms with Crippen molar-refractivity contribution in [2.24, 2.45) is 5.73 Å². The van der Waals surface area contributed by atoms with E-state index < -0.39 is 11.8 Å². The molecule has 2 aromatic rings. The number of hydrogen-bond donors (Lipinski definition) is 3. The summed E-state index contributed by atoms with van der Waals surface area (Å²) in [4.78, 5) is 24.8. The highest BCUT2D eigenvalue weighted by atomic mass is 16.4. The predicted molar refractivity (Wildman–Crippen MR) is 67.2 cm³/mol. The van der Waals surface area contributed by atoms with Crippen molar-refractivity contribution in [2.45, 2.75) is 19.4 Å². The fourth-order valence-corrected chi connectivity index (χ4v) is 1.64. The highest BCUT2D eigenvalue weighted by molar-refractivity contribution is 5.81. The molecule has 0 bridgehead atoms. The first-order valence-corrected chi connectivity index (χ1v) is 5.71. The standard InChI is InChI=1S/C12H15N3O3/c1-7(13)11(16)14-5-4-8-2-3-9-10(6-8)18-12(17)15-9/h2-3,6-7H,4-5,13H2,1H3,(H,14,16)(H,15,17). The normalized spacial score (nSPS) is 12.6. The van der Waals surface area contributed by atoms with Gasteiger partial charge in [-0.3, -0.25) is 9.78 Å². The quantitative estimate of drug-likeness (QED) is 0.716. The molecular weight excluding hydrogens is 234 g/mol. The summed E-state index contributed by atoms with van der Waals surface area (Å²) in [5.74, 6) is -0.642. The second-order valence-electron chi connectivity index (χ2n) is 4.17. The number of nitrogens with one attached hydrogen (secondary N) is 2. The Morgan fingerprint density at radius 1 is 1.56 bits per heavy atom. The van der Waals surface area contributed by atoms with Crippen molar-refractivity contribution in [2.75, 3.05) is 6.54 Å². The Labute approximate surface area is 103 Å². The molecule has 1 atom stereocenters. The van der Waals surface area contributed by atoms with Crippen molar-refractivity contribution >= 4 is 17.0 Å². The van der Waals surface area contributed by atoms with E-state index in [2.05, 4.69) is 10.3 Å². The third-order valence-corrected chi connectivity index (χ3v) is 2.61. The summed E-state index contributed by atoms with van der Waals surface area (Å²) in [6.45, 7) is 2.14. The zero-order valence-corrected chi connectivity index (χ0v) is 10.0. The molecule has 0 spiro atoms. The van der Waals surface area contributed by atoms with Gasteiger partial charge in [-0.05, 0) is 31.0 Å². The van der Waals surface area contributed by atoms with Crippen LogP contribution in [0.25, 0.3) is 11.1 Å². The average Bonchev–Trinajstić information content (AvgIpc) is 2.68. The number of nitrogens with two attached hydrogens (primary N) is 1. The van der Waals surface area contributed by atoms with Gasteiger partial charge < -0.3 is 15.5 Å². The second-order valence-corrected chi connectivity index (χ2v) is 4.17. The molecule has 0 saturated carbocycles. The SMILES string of the molecule is CC(N)C(=O)NCCc1ccc2[nH]c(=O)oc2c1. The molecule has 2 rings (SSSR count). The van der Waals surface area contributed by atoms with Gasteiger partial charge in [-0.1, -0.05) is 6.07 Å². The largest absolute Gasteiger partial charge is 0.417 e. The molecule has 0 saturated heterocycles. The first-order chi connectivity index (χ1) is 8.56. The topological polar surface area (TPSA) is 101 Å². The van der Waals surface area contributed by atoms with E-state index in [0.29, 0.717) is 24.1 Å². The monoisotopic (exact) mass is 249 g/mol. The number of amides is 1. The second kappa shape index (κ2) is 5.05. The van der Waals surface area contributed by atoms with Crippen molar-refractivity contribution in [3.05, 3.63) is 34.3 Å². The first kappa shape index (κ1) is 12.4. The van der Waals surface area contributed by atoms with Crippen LogP contribution in [0.5, 0.6) is 0 Å². The maximum atomic E-state index is 11.2. The van der Waals surface area contributed by atoms with Crippen LogP contribution in [-0.2, 0) is 11.2 Å². The van der Waals surface area contributed by atoms with Crippen molar-refractivity contribution < 1.29 is 9.21 Å². The fourth-order valence-electron chi connectivity index (χ4n) is 1.64. The van der Waals surface area contributed by atoms with E-state index in [4.69, 9.17) is 10.2 Å². The number of hydrogen-bond acceptors (Lipinski definition) is 4. The lowest BCUT2D eigenvalue weighted by Gasteiger charge is -2.07. The molecule has 1 aromatic carbocycles. The minimum atomic E-state index is -0.504. The molecule has 0 fully saturated rings. The first-order valence-electron chi connectivity index (χ1n) is 5.71. The van der Waals surface area contributed by atoms with Gasteiger partial charge in [0.25, 0.3) is 0 Å². The number of aromatic nitrogens is 1. The number of carbonyl (C=O) groups excluding carboxylic acids is 1. The lowest BCUT2D eigenvalue weighted by Crippen LogP contribution is -2.39. The molecule has 1 heterocycles. The van der Waals surface area contributed by atoms with Gasteiger partial charge in [0.1, 0.15) is 0 Å². The third-order valence-electron chi connectivity index (χ3n) is 2.61. The Bertz CT molecular complexity index is 612. The van der Waals surface area contributed by atoms with Gasteiger partial charge in [0.05, 0.1) is 11.6 Å². The zero-order chi connectivity index (χ0) is 13.1. The maximum Gasteiger partial charge on any atom is 0.417 e. The predicted octanol–water partition coefficient (Wildman–Crippen LogP) is 0.127. The van der Waals surface area contributed by atoms with E-state index in [-0.39, 0.29) is 5.91 Å². The molecule has 0 aliphatic rings. The summed E-state index contributed by atoms with van der Waals surface area (Å²) in [5.41, 5.74) is 7.60. The number of rotatable bonds is 4. The summed E-state index contributed by atoms with van der Waals surface area (Å²) < 4.78 is 4.96. The van der Waals surface area contributed by atoms with E-state index >= 15 is 0 Å². The van der Waals surface area contributed by atoms with Crippen molar-refractivity contribution in [1.82, 2.24) is 10.3 Å². The lowest BCUT2D eigenvalue weighted by atomic mass is 10.1. The molecule has 0 aliphatic carbocycles. The third kappa shape index (κ3) is 2.78. The molecule has 96 valence electrons. The number of carbonyl (C=O) groups is 1. The minimum Gasteiger partial charge on any atom is -0.408 e. The number of fused-ring (bicyclic) bond motifs is 1. The molecule has 1 aromatic heterocycles. The van der Waals surface area contributed by atoms with Crippen LogP contribution in [0, 0.1) is 0 Å². The molecule has 6 nitrogen and oxygen atoms in total. The van der Waals surface area contributed by atoms with Crippen LogP contribution >= 0.6 is 0 Å². The van der Waals surface area contributed by atoms with Crippen LogP contribution < -0.4 is 16.8 Å². The Balaban J connectivity index is 1.99. The van der Waals surface area contributed by atoms with Crippen LogP contribution in [0.2, 0.25) is 0 Å². The minimum absolute atomic E-state index is 0.177. The van der Waals surface area contributed by atoms with Gasteiger partial charge in [0, 0.05) is 6.54 Å². The van der Waals surface area contributed by atoms with E-state index in [9.17, 15) is 9.59 Å². The smallest absolute Gasteiger partial charge is 0.408 e. The van der Waals surface area contributed by atoms with Gasteiger partial charge >= 0.3 is 5.76 Å². The van der Waals surface area contributed by atoms with E-state index in [1.165, 1.54) is 0 Å². The molecule has 4 N–H and O–H groups in total. The maximum absolute atomic E-state index is 11.2. The van der Waals surface area contributed by atoms with E-state index in [1.54, 1.807) is 19.1 Å². The van der Waals surface area contributed by atoms with Crippen LogP contribution in [0.1, 0.15) is 12.5 Å². The van der Waals surface area contributed by atoms with Gasteiger partial charge in [0.15, 0.2) is 5.58 Å². The number of benzene rings is 1. The van der Waals surface area contributed by atoms with Gasteiger partial charge in [-0.2, -0.15) is 0 Å². The molecule has 6 heteroatoms. The van der Waals surface area contributed by atoms with Crippen molar-refractivity contribution in [3.8, 4) is 0 Å². The average molecular weight is 249 g/mol. The summed E-state index contributed by atoms with van der Waals surface area (Å²) >= 11 is 0. The van der Waals surface area contributed by atoms with Crippen LogP contribution in [0.3, 0.4) is 0 Å².